The molecule has 20 heavy (non-hydrogen) atoms. The van der Waals surface area contributed by atoms with Crippen LogP contribution >= 0.6 is 0 Å². The predicted molar refractivity (Wildman–Crippen MR) is 78.8 cm³/mol. The molecule has 1 aromatic heterocycles. The van der Waals surface area contributed by atoms with Crippen molar-refractivity contribution in [2.75, 3.05) is 5.73 Å². The molecule has 106 valence electrons. The number of nitrogens with one attached hydrogen (secondary N) is 1. The van der Waals surface area contributed by atoms with E-state index in [-0.39, 0.29) is 11.2 Å². The standard InChI is InChI=1S/C16H20FN3/c1-2-16(9-3-4-10-16)14-13(15(18)20-19-14)11-5-7-12(17)8-6-11/h5-8H,2-4,9-10H2,1H3,(H3,18,19,20). The van der Waals surface area contributed by atoms with Gasteiger partial charge in [0.25, 0.3) is 0 Å². The van der Waals surface area contributed by atoms with Gasteiger partial charge in [0.2, 0.25) is 0 Å². The summed E-state index contributed by atoms with van der Waals surface area (Å²) in [5.41, 5.74) is 9.22. The first-order chi connectivity index (χ1) is 9.66. The number of nitrogens with zero attached hydrogens (tertiary/aromatic N) is 1. The van der Waals surface area contributed by atoms with Gasteiger partial charge in [0, 0.05) is 11.0 Å². The number of aromatic nitrogens is 2. The molecule has 3 rings (SSSR count). The van der Waals surface area contributed by atoms with Gasteiger partial charge in [0.1, 0.15) is 5.82 Å². The van der Waals surface area contributed by atoms with Crippen LogP contribution in [0.5, 0.6) is 0 Å². The molecule has 4 heteroatoms. The van der Waals surface area contributed by atoms with E-state index in [4.69, 9.17) is 5.73 Å². The lowest BCUT2D eigenvalue weighted by Gasteiger charge is -2.27. The lowest BCUT2D eigenvalue weighted by Crippen LogP contribution is -2.22. The van der Waals surface area contributed by atoms with Crippen LogP contribution in [0, 0.1) is 5.82 Å². The summed E-state index contributed by atoms with van der Waals surface area (Å²) in [6.07, 6.45) is 5.90. The molecule has 0 unspecified atom stereocenters. The van der Waals surface area contributed by atoms with Gasteiger partial charge in [-0.25, -0.2) is 4.39 Å². The van der Waals surface area contributed by atoms with Gasteiger partial charge in [-0.2, -0.15) is 5.10 Å². The topological polar surface area (TPSA) is 54.7 Å². The molecule has 1 aliphatic carbocycles. The molecule has 0 amide bonds. The highest BCUT2D eigenvalue weighted by Crippen LogP contribution is 2.47. The Morgan fingerprint density at radius 3 is 2.50 bits per heavy atom. The van der Waals surface area contributed by atoms with Crippen molar-refractivity contribution in [2.24, 2.45) is 0 Å². The molecule has 3 N–H and O–H groups in total. The Bertz CT molecular complexity index is 595. The van der Waals surface area contributed by atoms with E-state index in [1.54, 1.807) is 12.1 Å². The van der Waals surface area contributed by atoms with Crippen LogP contribution in [0.1, 0.15) is 44.7 Å². The number of hydrogen-bond donors (Lipinski definition) is 2. The van der Waals surface area contributed by atoms with E-state index < -0.39 is 0 Å². The molecular weight excluding hydrogens is 253 g/mol. The Morgan fingerprint density at radius 2 is 1.90 bits per heavy atom. The van der Waals surface area contributed by atoms with Crippen LogP contribution < -0.4 is 5.73 Å². The molecule has 0 atom stereocenters. The fourth-order valence-electron chi connectivity index (χ4n) is 3.48. The van der Waals surface area contributed by atoms with Gasteiger partial charge in [-0.05, 0) is 37.0 Å². The zero-order valence-corrected chi connectivity index (χ0v) is 11.7. The number of benzene rings is 1. The average Bonchev–Trinajstić information content (AvgIpc) is 3.07. The number of hydrogen-bond acceptors (Lipinski definition) is 2. The summed E-state index contributed by atoms with van der Waals surface area (Å²) in [7, 11) is 0. The monoisotopic (exact) mass is 273 g/mol. The van der Waals surface area contributed by atoms with E-state index in [1.807, 2.05) is 0 Å². The van der Waals surface area contributed by atoms with Crippen LogP contribution in [0.25, 0.3) is 11.1 Å². The summed E-state index contributed by atoms with van der Waals surface area (Å²) >= 11 is 0. The first-order valence-corrected chi connectivity index (χ1v) is 7.26. The number of H-pyrrole nitrogens is 1. The molecule has 1 saturated carbocycles. The summed E-state index contributed by atoms with van der Waals surface area (Å²) in [6, 6.07) is 6.49. The first-order valence-electron chi connectivity index (χ1n) is 7.26. The Hall–Kier alpha value is -1.84. The lowest BCUT2D eigenvalue weighted by atomic mass is 9.77. The number of aromatic amines is 1. The molecule has 1 fully saturated rings. The highest BCUT2D eigenvalue weighted by molar-refractivity contribution is 5.77. The van der Waals surface area contributed by atoms with Gasteiger partial charge < -0.3 is 5.73 Å². The second-order valence-corrected chi connectivity index (χ2v) is 5.71. The van der Waals surface area contributed by atoms with E-state index in [1.165, 1.54) is 37.8 Å². The van der Waals surface area contributed by atoms with Crippen LogP contribution in [-0.2, 0) is 5.41 Å². The van der Waals surface area contributed by atoms with Gasteiger partial charge in [0.05, 0.1) is 5.69 Å². The third-order valence-corrected chi connectivity index (χ3v) is 4.69. The average molecular weight is 273 g/mol. The zero-order valence-electron chi connectivity index (χ0n) is 11.7. The molecule has 0 radical (unpaired) electrons. The maximum absolute atomic E-state index is 13.1. The molecule has 3 nitrogen and oxygen atoms in total. The van der Waals surface area contributed by atoms with E-state index in [0.29, 0.717) is 5.82 Å². The van der Waals surface area contributed by atoms with Gasteiger partial charge in [-0.3, -0.25) is 5.10 Å². The van der Waals surface area contributed by atoms with E-state index in [2.05, 4.69) is 17.1 Å². The lowest BCUT2D eigenvalue weighted by molar-refractivity contribution is 0.413. The van der Waals surface area contributed by atoms with Crippen molar-refractivity contribution < 1.29 is 4.39 Å². The van der Waals surface area contributed by atoms with E-state index in [0.717, 1.165) is 23.2 Å². The van der Waals surface area contributed by atoms with Crippen molar-refractivity contribution >= 4 is 5.82 Å². The summed E-state index contributed by atoms with van der Waals surface area (Å²) < 4.78 is 13.1. The molecule has 1 aliphatic rings. The van der Waals surface area contributed by atoms with Gasteiger partial charge in [-0.15, -0.1) is 0 Å². The van der Waals surface area contributed by atoms with E-state index in [9.17, 15) is 4.39 Å². The number of nitrogens with two attached hydrogens (primary N) is 1. The van der Waals surface area contributed by atoms with Crippen LogP contribution in [0.2, 0.25) is 0 Å². The van der Waals surface area contributed by atoms with Crippen LogP contribution in [0.3, 0.4) is 0 Å². The van der Waals surface area contributed by atoms with Crippen molar-refractivity contribution in [1.82, 2.24) is 10.2 Å². The predicted octanol–water partition coefficient (Wildman–Crippen LogP) is 4.02. The van der Waals surface area contributed by atoms with Gasteiger partial charge >= 0.3 is 0 Å². The largest absolute Gasteiger partial charge is 0.382 e. The van der Waals surface area contributed by atoms with Crippen molar-refractivity contribution in [3.8, 4) is 11.1 Å². The molecular formula is C16H20FN3. The molecule has 0 spiro atoms. The Kier molecular flexibility index (Phi) is 3.24. The third-order valence-electron chi connectivity index (χ3n) is 4.69. The summed E-state index contributed by atoms with van der Waals surface area (Å²) in [4.78, 5) is 0. The number of rotatable bonds is 3. The summed E-state index contributed by atoms with van der Waals surface area (Å²) in [5, 5.41) is 7.36. The molecule has 1 heterocycles. The number of anilines is 1. The normalized spacial score (nSPS) is 17.5. The van der Waals surface area contributed by atoms with Crippen molar-refractivity contribution in [3.63, 3.8) is 0 Å². The Balaban J connectivity index is 2.12. The summed E-state index contributed by atoms with van der Waals surface area (Å²) in [5.74, 6) is 0.273. The van der Waals surface area contributed by atoms with Crippen LogP contribution in [0.15, 0.2) is 24.3 Å². The SMILES string of the molecule is CCC1(c2[nH]nc(N)c2-c2ccc(F)cc2)CCCC1. The third kappa shape index (κ3) is 1.99. The van der Waals surface area contributed by atoms with E-state index >= 15 is 0 Å². The van der Waals surface area contributed by atoms with Crippen LogP contribution in [0.4, 0.5) is 10.2 Å². The fourth-order valence-corrected chi connectivity index (χ4v) is 3.48. The fraction of sp³-hybridized carbons (Fsp3) is 0.438. The molecule has 0 aliphatic heterocycles. The minimum atomic E-state index is -0.233. The second-order valence-electron chi connectivity index (χ2n) is 5.71. The van der Waals surface area contributed by atoms with Crippen molar-refractivity contribution in [2.45, 2.75) is 44.4 Å². The quantitative estimate of drug-likeness (QED) is 0.887. The highest BCUT2D eigenvalue weighted by Gasteiger charge is 2.38. The van der Waals surface area contributed by atoms with Gasteiger partial charge in [-0.1, -0.05) is 31.9 Å². The Morgan fingerprint density at radius 1 is 1.25 bits per heavy atom. The number of halogens is 1. The zero-order chi connectivity index (χ0) is 14.2. The minimum absolute atomic E-state index is 0.147. The van der Waals surface area contributed by atoms with Gasteiger partial charge in [0.15, 0.2) is 5.82 Å². The van der Waals surface area contributed by atoms with Crippen molar-refractivity contribution in [1.29, 1.82) is 0 Å². The maximum Gasteiger partial charge on any atom is 0.153 e. The molecule has 0 saturated heterocycles. The maximum atomic E-state index is 13.1. The van der Waals surface area contributed by atoms with Crippen LogP contribution in [-0.4, -0.2) is 10.2 Å². The highest BCUT2D eigenvalue weighted by atomic mass is 19.1. The smallest absolute Gasteiger partial charge is 0.153 e. The molecule has 0 bridgehead atoms. The molecule has 1 aromatic carbocycles. The molecule has 2 aromatic rings. The van der Waals surface area contributed by atoms with Crippen molar-refractivity contribution in [3.05, 3.63) is 35.8 Å². The number of nitrogen functional groups attached to an aromatic ring is 1. The first kappa shape index (κ1) is 13.2. The minimum Gasteiger partial charge on any atom is -0.382 e. The Labute approximate surface area is 118 Å². The second kappa shape index (κ2) is 4.93. The summed E-state index contributed by atoms with van der Waals surface area (Å²) in [6.45, 7) is 2.22.